The largest absolute Gasteiger partial charge is 0.466 e. The maximum absolute atomic E-state index is 12.5. The van der Waals surface area contributed by atoms with Gasteiger partial charge in [-0.25, -0.2) is 4.79 Å². The van der Waals surface area contributed by atoms with E-state index in [1.807, 2.05) is 43.3 Å². The Kier molecular flexibility index (Phi) is 6.52. The monoisotopic (exact) mass is 423 g/mol. The van der Waals surface area contributed by atoms with Crippen LogP contribution in [-0.4, -0.2) is 36.0 Å². The van der Waals surface area contributed by atoms with E-state index in [-0.39, 0.29) is 5.91 Å². The van der Waals surface area contributed by atoms with Crippen molar-refractivity contribution in [3.63, 3.8) is 0 Å². The highest BCUT2D eigenvalue weighted by Crippen LogP contribution is 2.31. The molecule has 1 heterocycles. The number of anilines is 1. The van der Waals surface area contributed by atoms with Crippen molar-refractivity contribution in [1.82, 2.24) is 10.2 Å². The molecular formula is C23H25N3O3S. The quantitative estimate of drug-likeness (QED) is 0.563. The van der Waals surface area contributed by atoms with Crippen molar-refractivity contribution in [2.24, 2.45) is 0 Å². The molecule has 1 atom stereocenters. The number of thiocarbonyl (C=S) groups is 1. The van der Waals surface area contributed by atoms with Gasteiger partial charge in [-0.15, -0.1) is 0 Å². The van der Waals surface area contributed by atoms with E-state index in [1.54, 1.807) is 24.1 Å². The van der Waals surface area contributed by atoms with Crippen LogP contribution in [0.15, 0.2) is 59.8 Å². The summed E-state index contributed by atoms with van der Waals surface area (Å²) in [6, 6.07) is 14.5. The van der Waals surface area contributed by atoms with Crippen LogP contribution in [0.3, 0.4) is 0 Å². The predicted molar refractivity (Wildman–Crippen MR) is 121 cm³/mol. The normalized spacial score (nSPS) is 16.2. The number of rotatable bonds is 5. The van der Waals surface area contributed by atoms with Gasteiger partial charge in [-0.3, -0.25) is 4.79 Å². The molecular weight excluding hydrogens is 398 g/mol. The van der Waals surface area contributed by atoms with Crippen LogP contribution < -0.4 is 10.6 Å². The third kappa shape index (κ3) is 4.36. The van der Waals surface area contributed by atoms with E-state index in [1.165, 1.54) is 12.7 Å². The van der Waals surface area contributed by atoms with Gasteiger partial charge in [0.2, 0.25) is 0 Å². The van der Waals surface area contributed by atoms with Gasteiger partial charge in [0.15, 0.2) is 5.11 Å². The first-order chi connectivity index (χ1) is 14.3. The Labute approximate surface area is 181 Å². The third-order valence-electron chi connectivity index (χ3n) is 5.29. The van der Waals surface area contributed by atoms with E-state index in [2.05, 4.69) is 17.6 Å². The summed E-state index contributed by atoms with van der Waals surface area (Å²) in [5.74, 6) is -0.581. The minimum atomic E-state index is -0.424. The van der Waals surface area contributed by atoms with Crippen molar-refractivity contribution in [2.45, 2.75) is 26.3 Å². The lowest BCUT2D eigenvalue weighted by atomic mass is 9.95. The number of aryl methyl sites for hydroxylation is 1. The number of hydrogen-bond acceptors (Lipinski definition) is 4. The zero-order chi connectivity index (χ0) is 21.8. The molecule has 1 amide bonds. The second-order valence-corrected chi connectivity index (χ2v) is 7.45. The van der Waals surface area contributed by atoms with E-state index in [9.17, 15) is 9.59 Å². The van der Waals surface area contributed by atoms with Gasteiger partial charge in [0.1, 0.15) is 0 Å². The fraction of sp³-hybridized carbons (Fsp3) is 0.261. The number of nitrogens with one attached hydrogen (secondary N) is 2. The second-order valence-electron chi connectivity index (χ2n) is 7.06. The smallest absolute Gasteiger partial charge is 0.337 e. The Morgan fingerprint density at radius 3 is 2.33 bits per heavy atom. The van der Waals surface area contributed by atoms with E-state index in [4.69, 9.17) is 17.0 Å². The summed E-state index contributed by atoms with van der Waals surface area (Å²) in [4.78, 5) is 26.6. The highest BCUT2D eigenvalue weighted by molar-refractivity contribution is 7.80. The molecule has 0 saturated heterocycles. The fourth-order valence-electron chi connectivity index (χ4n) is 3.31. The number of nitrogens with zero attached hydrogens (tertiary/aromatic N) is 1. The van der Waals surface area contributed by atoms with Gasteiger partial charge in [0.05, 0.1) is 18.7 Å². The molecule has 156 valence electrons. The van der Waals surface area contributed by atoms with Crippen LogP contribution in [0.5, 0.6) is 0 Å². The molecule has 0 aromatic heterocycles. The molecule has 0 radical (unpaired) electrons. The molecule has 0 fully saturated rings. The summed E-state index contributed by atoms with van der Waals surface area (Å²) < 4.78 is 4.97. The molecule has 6 nitrogen and oxygen atoms in total. The Morgan fingerprint density at radius 1 is 1.13 bits per heavy atom. The lowest BCUT2D eigenvalue weighted by Gasteiger charge is -2.35. The zero-order valence-electron chi connectivity index (χ0n) is 17.5. The van der Waals surface area contributed by atoms with Crippen molar-refractivity contribution >= 4 is 34.9 Å². The minimum Gasteiger partial charge on any atom is -0.466 e. The van der Waals surface area contributed by atoms with Gasteiger partial charge in [-0.05, 0) is 61.0 Å². The Morgan fingerprint density at radius 2 is 1.77 bits per heavy atom. The number of esters is 1. The molecule has 1 aliphatic rings. The van der Waals surface area contributed by atoms with Crippen LogP contribution in [0.4, 0.5) is 5.69 Å². The maximum atomic E-state index is 12.5. The van der Waals surface area contributed by atoms with Gasteiger partial charge in [-0.2, -0.15) is 0 Å². The fourth-order valence-corrected chi connectivity index (χ4v) is 3.57. The number of amides is 1. The number of allylic oxidation sites excluding steroid dienone is 1. The van der Waals surface area contributed by atoms with Crippen molar-refractivity contribution < 1.29 is 14.3 Å². The highest BCUT2D eigenvalue weighted by Gasteiger charge is 2.33. The van der Waals surface area contributed by atoms with Crippen LogP contribution in [0.2, 0.25) is 0 Å². The Balaban J connectivity index is 1.81. The molecule has 2 aromatic rings. The van der Waals surface area contributed by atoms with Gasteiger partial charge in [0.25, 0.3) is 5.91 Å². The first kappa shape index (κ1) is 21.5. The van der Waals surface area contributed by atoms with E-state index < -0.39 is 12.0 Å². The lowest BCUT2D eigenvalue weighted by molar-refractivity contribution is -0.136. The van der Waals surface area contributed by atoms with E-state index in [0.717, 1.165) is 17.7 Å². The Hall–Kier alpha value is -3.19. The average molecular weight is 424 g/mol. The molecule has 0 saturated carbocycles. The topological polar surface area (TPSA) is 70.7 Å². The summed E-state index contributed by atoms with van der Waals surface area (Å²) in [6.07, 6.45) is 0.930. The molecule has 30 heavy (non-hydrogen) atoms. The molecule has 3 rings (SSSR count). The summed E-state index contributed by atoms with van der Waals surface area (Å²) >= 11 is 5.38. The molecule has 2 aromatic carbocycles. The van der Waals surface area contributed by atoms with Crippen LogP contribution >= 0.6 is 12.2 Å². The van der Waals surface area contributed by atoms with Crippen LogP contribution in [0.1, 0.15) is 41.4 Å². The Bertz CT molecular complexity index is 997. The van der Waals surface area contributed by atoms with Crippen molar-refractivity contribution in [3.05, 3.63) is 76.5 Å². The summed E-state index contributed by atoms with van der Waals surface area (Å²) in [5, 5.41) is 6.61. The van der Waals surface area contributed by atoms with Crippen molar-refractivity contribution in [2.75, 3.05) is 19.5 Å². The predicted octanol–water partition coefficient (Wildman–Crippen LogP) is 3.81. The second kappa shape index (κ2) is 9.09. The third-order valence-corrected chi connectivity index (χ3v) is 5.68. The van der Waals surface area contributed by atoms with Crippen molar-refractivity contribution in [1.29, 1.82) is 0 Å². The van der Waals surface area contributed by atoms with Gasteiger partial charge >= 0.3 is 5.97 Å². The molecule has 0 unspecified atom stereocenters. The molecule has 0 spiro atoms. The average Bonchev–Trinajstić information content (AvgIpc) is 2.77. The molecule has 0 bridgehead atoms. The first-order valence-corrected chi connectivity index (χ1v) is 10.1. The molecule has 0 aliphatic carbocycles. The number of carbonyl (C=O) groups is 2. The minimum absolute atomic E-state index is 0.171. The summed E-state index contributed by atoms with van der Waals surface area (Å²) in [7, 11) is 3.16. The zero-order valence-corrected chi connectivity index (χ0v) is 18.3. The molecule has 2 N–H and O–H groups in total. The lowest BCUT2D eigenvalue weighted by Crippen LogP contribution is -2.46. The van der Waals surface area contributed by atoms with Crippen LogP contribution in [0.25, 0.3) is 0 Å². The number of methoxy groups -OCH3 is 1. The first-order valence-electron chi connectivity index (χ1n) is 9.69. The number of benzene rings is 2. The van der Waals surface area contributed by atoms with E-state index >= 15 is 0 Å². The number of ether oxygens (including phenoxy) is 1. The summed E-state index contributed by atoms with van der Waals surface area (Å²) in [6.45, 7) is 3.91. The standard InChI is InChI=1S/C23H25N3O3S/c1-5-15-6-8-17(9-7-15)21(27)24-18-12-10-16(11-13-18)20-19(22(28)29-4)14(2)26(3)23(30)25-20/h6-13,20H,5H2,1-4H3,(H,24,27)(H,25,30)/t20-/m1/s1. The van der Waals surface area contributed by atoms with Gasteiger partial charge in [-0.1, -0.05) is 31.2 Å². The van der Waals surface area contributed by atoms with Gasteiger partial charge < -0.3 is 20.3 Å². The highest BCUT2D eigenvalue weighted by atomic mass is 32.1. The SMILES string of the molecule is CCc1ccc(C(=O)Nc2ccc([C@H]3NC(=S)N(C)C(C)=C3C(=O)OC)cc2)cc1. The van der Waals surface area contributed by atoms with Gasteiger partial charge in [0, 0.05) is 24.0 Å². The van der Waals surface area contributed by atoms with E-state index in [0.29, 0.717) is 21.9 Å². The molecule has 7 heteroatoms. The molecule has 1 aliphatic heterocycles. The maximum Gasteiger partial charge on any atom is 0.337 e. The summed E-state index contributed by atoms with van der Waals surface area (Å²) in [5.41, 5.74) is 4.54. The number of hydrogen-bond donors (Lipinski definition) is 2. The van der Waals surface area contributed by atoms with Crippen LogP contribution in [-0.2, 0) is 16.0 Å². The number of carbonyl (C=O) groups excluding carboxylic acids is 2. The van der Waals surface area contributed by atoms with Crippen molar-refractivity contribution in [3.8, 4) is 0 Å². The van der Waals surface area contributed by atoms with Crippen LogP contribution in [0, 0.1) is 0 Å².